The van der Waals surface area contributed by atoms with Gasteiger partial charge in [0.2, 0.25) is 0 Å². The number of imide groups is 1. The molecule has 0 unspecified atom stereocenters. The Hall–Kier alpha value is -2.76. The van der Waals surface area contributed by atoms with Crippen LogP contribution in [0.1, 0.15) is 11.1 Å². The third-order valence-corrected chi connectivity index (χ3v) is 4.78. The maximum Gasteiger partial charge on any atom is 0.326 e. The number of nitrogens with one attached hydrogen (secondary N) is 2. The molecule has 130 valence electrons. The predicted octanol–water partition coefficient (Wildman–Crippen LogP) is 4.18. The van der Waals surface area contributed by atoms with Crippen LogP contribution in [0, 0.1) is 0 Å². The van der Waals surface area contributed by atoms with Gasteiger partial charge in [0.25, 0.3) is 5.91 Å². The Morgan fingerprint density at radius 1 is 1.04 bits per heavy atom. The first kappa shape index (κ1) is 16.7. The Balaban J connectivity index is 1.78. The zero-order valence-corrected chi connectivity index (χ0v) is 14.9. The lowest BCUT2D eigenvalue weighted by Gasteiger charge is -2.08. The van der Waals surface area contributed by atoms with Crippen LogP contribution < -0.4 is 10.6 Å². The summed E-state index contributed by atoms with van der Waals surface area (Å²) in [6, 6.07) is 12.7. The van der Waals surface area contributed by atoms with Crippen molar-refractivity contribution in [1.29, 1.82) is 0 Å². The number of para-hydroxylation sites is 1. The average Bonchev–Trinajstić information content (AvgIpc) is 3.11. The molecule has 7 heteroatoms. The van der Waals surface area contributed by atoms with E-state index in [1.807, 2.05) is 41.1 Å². The Bertz CT molecular complexity index is 1090. The first-order valence-corrected chi connectivity index (χ1v) is 8.63. The average molecular weight is 386 g/mol. The number of hydrogen-bond acceptors (Lipinski definition) is 2. The Kier molecular flexibility index (Phi) is 4.18. The highest BCUT2D eigenvalue weighted by molar-refractivity contribution is 6.35. The first-order chi connectivity index (χ1) is 12.5. The van der Waals surface area contributed by atoms with Gasteiger partial charge in [-0.05, 0) is 29.8 Å². The number of aromatic nitrogens is 1. The largest absolute Gasteiger partial charge is 0.342 e. The van der Waals surface area contributed by atoms with Gasteiger partial charge in [-0.2, -0.15) is 0 Å². The van der Waals surface area contributed by atoms with E-state index in [9.17, 15) is 9.59 Å². The van der Waals surface area contributed by atoms with Crippen LogP contribution in [-0.4, -0.2) is 16.5 Å². The topological polar surface area (TPSA) is 63.1 Å². The number of carbonyl (C=O) groups excluding carboxylic acids is 2. The minimum atomic E-state index is -0.516. The summed E-state index contributed by atoms with van der Waals surface area (Å²) in [5.41, 5.74) is 2.98. The predicted molar refractivity (Wildman–Crippen MR) is 102 cm³/mol. The van der Waals surface area contributed by atoms with Gasteiger partial charge >= 0.3 is 6.03 Å². The number of nitrogens with zero attached hydrogens (tertiary/aromatic N) is 1. The monoisotopic (exact) mass is 385 g/mol. The van der Waals surface area contributed by atoms with Gasteiger partial charge in [0.05, 0.1) is 0 Å². The van der Waals surface area contributed by atoms with E-state index in [4.69, 9.17) is 23.2 Å². The molecular weight excluding hydrogens is 373 g/mol. The van der Waals surface area contributed by atoms with E-state index in [1.165, 1.54) is 0 Å². The van der Waals surface area contributed by atoms with Crippen molar-refractivity contribution in [3.05, 3.63) is 75.5 Å². The highest BCUT2D eigenvalue weighted by Crippen LogP contribution is 2.27. The molecule has 1 saturated heterocycles. The molecule has 4 rings (SSSR count). The second kappa shape index (κ2) is 6.52. The van der Waals surface area contributed by atoms with E-state index in [-0.39, 0.29) is 5.70 Å². The molecule has 0 aliphatic carbocycles. The molecule has 26 heavy (non-hydrogen) atoms. The van der Waals surface area contributed by atoms with Crippen LogP contribution in [0.5, 0.6) is 0 Å². The maximum absolute atomic E-state index is 11.8. The van der Waals surface area contributed by atoms with E-state index in [1.54, 1.807) is 18.2 Å². The molecule has 0 atom stereocenters. The maximum atomic E-state index is 11.8. The molecule has 1 aliphatic rings. The molecule has 2 N–H and O–H groups in total. The fourth-order valence-electron chi connectivity index (χ4n) is 2.99. The van der Waals surface area contributed by atoms with Crippen molar-refractivity contribution in [2.45, 2.75) is 6.54 Å². The number of carbonyl (C=O) groups is 2. The van der Waals surface area contributed by atoms with E-state index in [0.29, 0.717) is 16.6 Å². The fraction of sp³-hybridized carbons (Fsp3) is 0.0526. The van der Waals surface area contributed by atoms with Crippen LogP contribution in [0.25, 0.3) is 17.0 Å². The van der Waals surface area contributed by atoms with Crippen LogP contribution in [0.2, 0.25) is 10.0 Å². The molecule has 1 aliphatic heterocycles. The van der Waals surface area contributed by atoms with Crippen molar-refractivity contribution in [1.82, 2.24) is 15.2 Å². The third-order valence-electron chi connectivity index (χ3n) is 4.19. The Morgan fingerprint density at radius 3 is 2.58 bits per heavy atom. The molecule has 1 fully saturated rings. The molecule has 0 radical (unpaired) electrons. The molecular formula is C19H13Cl2N3O2. The summed E-state index contributed by atoms with van der Waals surface area (Å²) in [6.45, 7) is 0.554. The van der Waals surface area contributed by atoms with Crippen LogP contribution in [0.3, 0.4) is 0 Å². The summed E-state index contributed by atoms with van der Waals surface area (Å²) in [6.07, 6.45) is 3.60. The van der Waals surface area contributed by atoms with Crippen molar-refractivity contribution < 1.29 is 9.59 Å². The van der Waals surface area contributed by atoms with Gasteiger partial charge in [-0.1, -0.05) is 47.5 Å². The molecule has 2 aromatic carbocycles. The number of halogens is 2. The van der Waals surface area contributed by atoms with Gasteiger partial charge in [0, 0.05) is 39.3 Å². The fourth-order valence-corrected chi connectivity index (χ4v) is 3.46. The number of rotatable bonds is 3. The van der Waals surface area contributed by atoms with Gasteiger partial charge in [-0.25, -0.2) is 4.79 Å². The number of fused-ring (bicyclic) bond motifs is 1. The molecule has 0 spiro atoms. The van der Waals surface area contributed by atoms with Gasteiger partial charge in [0.1, 0.15) is 5.70 Å². The van der Waals surface area contributed by atoms with Crippen molar-refractivity contribution in [3.63, 3.8) is 0 Å². The van der Waals surface area contributed by atoms with Gasteiger partial charge in [-0.3, -0.25) is 10.1 Å². The molecule has 2 heterocycles. The smallest absolute Gasteiger partial charge is 0.326 e. The molecule has 3 amide bonds. The lowest BCUT2D eigenvalue weighted by Crippen LogP contribution is -2.22. The lowest BCUT2D eigenvalue weighted by atomic mass is 10.1. The Labute approximate surface area is 159 Å². The minimum Gasteiger partial charge on any atom is -0.342 e. The highest BCUT2D eigenvalue weighted by Gasteiger charge is 2.23. The summed E-state index contributed by atoms with van der Waals surface area (Å²) in [4.78, 5) is 23.1. The van der Waals surface area contributed by atoms with E-state index in [2.05, 4.69) is 10.6 Å². The number of benzene rings is 2. The lowest BCUT2D eigenvalue weighted by molar-refractivity contribution is -0.115. The van der Waals surface area contributed by atoms with Crippen molar-refractivity contribution in [2.24, 2.45) is 0 Å². The van der Waals surface area contributed by atoms with Crippen LogP contribution in [-0.2, 0) is 11.3 Å². The van der Waals surface area contributed by atoms with Crippen LogP contribution in [0.4, 0.5) is 4.79 Å². The van der Waals surface area contributed by atoms with Gasteiger partial charge < -0.3 is 9.88 Å². The van der Waals surface area contributed by atoms with Gasteiger partial charge in [-0.15, -0.1) is 0 Å². The molecule has 5 nitrogen and oxygen atoms in total. The summed E-state index contributed by atoms with van der Waals surface area (Å²) in [7, 11) is 0. The van der Waals surface area contributed by atoms with Crippen molar-refractivity contribution in [3.8, 4) is 0 Å². The zero-order chi connectivity index (χ0) is 18.3. The summed E-state index contributed by atoms with van der Waals surface area (Å²) in [5.74, 6) is -0.437. The second-order valence-electron chi connectivity index (χ2n) is 5.93. The molecule has 1 aromatic heterocycles. The van der Waals surface area contributed by atoms with E-state index < -0.39 is 11.9 Å². The quantitative estimate of drug-likeness (QED) is 0.524. The number of urea groups is 1. The van der Waals surface area contributed by atoms with E-state index >= 15 is 0 Å². The number of amides is 3. The molecule has 0 saturated carbocycles. The summed E-state index contributed by atoms with van der Waals surface area (Å²) >= 11 is 12.3. The highest BCUT2D eigenvalue weighted by atomic mass is 35.5. The van der Waals surface area contributed by atoms with Crippen molar-refractivity contribution >= 4 is 52.1 Å². The minimum absolute atomic E-state index is 0.224. The first-order valence-electron chi connectivity index (χ1n) is 7.87. The standard InChI is InChI=1S/C19H13Cl2N3O2/c20-13-6-5-11(15(21)8-13)9-24-10-12(14-3-1-2-4-17(14)24)7-16-18(25)23-19(26)22-16/h1-8,10H,9H2,(H2,22,23,25,26)/b16-7-. The van der Waals surface area contributed by atoms with Gasteiger partial charge in [0.15, 0.2) is 0 Å². The number of hydrogen-bond donors (Lipinski definition) is 2. The molecule has 0 bridgehead atoms. The molecule has 3 aromatic rings. The van der Waals surface area contributed by atoms with Crippen LogP contribution >= 0.6 is 23.2 Å². The summed E-state index contributed by atoms with van der Waals surface area (Å²) in [5, 5.41) is 6.86. The SMILES string of the molecule is O=C1NC(=O)/C(=C/c2cn(Cc3ccc(Cl)cc3Cl)c3ccccc23)N1. The second-order valence-corrected chi connectivity index (χ2v) is 6.78. The normalized spacial score (nSPS) is 15.5. The third kappa shape index (κ3) is 3.07. The Morgan fingerprint density at radius 2 is 1.85 bits per heavy atom. The van der Waals surface area contributed by atoms with E-state index in [0.717, 1.165) is 22.0 Å². The zero-order valence-electron chi connectivity index (χ0n) is 13.4. The summed E-state index contributed by atoms with van der Waals surface area (Å²) < 4.78 is 2.05. The van der Waals surface area contributed by atoms with Crippen molar-refractivity contribution in [2.75, 3.05) is 0 Å². The van der Waals surface area contributed by atoms with Crippen LogP contribution in [0.15, 0.2) is 54.4 Å².